The van der Waals surface area contributed by atoms with Crippen LogP contribution in [-0.2, 0) is 18.3 Å². The van der Waals surface area contributed by atoms with Crippen molar-refractivity contribution in [2.24, 2.45) is 0 Å². The molecule has 0 aromatic carbocycles. The van der Waals surface area contributed by atoms with E-state index in [-0.39, 0.29) is 11.3 Å². The fourth-order valence-corrected chi connectivity index (χ4v) is 4.72. The maximum atomic E-state index is 12.9. The molecule has 0 bridgehead atoms. The molecule has 0 radical (unpaired) electrons. The Kier molecular flexibility index (Phi) is 3.95. The van der Waals surface area contributed by atoms with Gasteiger partial charge >= 0.3 is 0 Å². The van der Waals surface area contributed by atoms with Crippen LogP contribution in [0.15, 0.2) is 10.7 Å². The summed E-state index contributed by atoms with van der Waals surface area (Å²) < 4.78 is 5.41. The Balaban J connectivity index is 1.48. The summed E-state index contributed by atoms with van der Waals surface area (Å²) in [6.45, 7) is 5.88. The molecule has 1 fully saturated rings. The van der Waals surface area contributed by atoms with Crippen molar-refractivity contribution in [3.63, 3.8) is 0 Å². The molecule has 0 atom stereocenters. The van der Waals surface area contributed by atoms with Gasteiger partial charge in [0.15, 0.2) is 5.69 Å². The molecule has 6 heteroatoms. The quantitative estimate of drug-likeness (QED) is 0.836. The first kappa shape index (κ1) is 15.8. The van der Waals surface area contributed by atoms with Gasteiger partial charge in [-0.25, -0.2) is 4.98 Å². The second kappa shape index (κ2) is 5.99. The molecule has 1 aliphatic carbocycles. The molecule has 0 spiro atoms. The molecular formula is C18H23N3O2S. The number of hydrogen-bond acceptors (Lipinski definition) is 5. The van der Waals surface area contributed by atoms with Crippen LogP contribution in [0.2, 0.25) is 0 Å². The van der Waals surface area contributed by atoms with E-state index in [1.54, 1.807) is 11.3 Å². The predicted octanol–water partition coefficient (Wildman–Crippen LogP) is 3.51. The topological polar surface area (TPSA) is 59.2 Å². The lowest BCUT2D eigenvalue weighted by Gasteiger charge is -2.38. The number of rotatable bonds is 2. The Labute approximate surface area is 146 Å². The van der Waals surface area contributed by atoms with Gasteiger partial charge in [-0.2, -0.15) is 0 Å². The number of hydrogen-bond donors (Lipinski definition) is 0. The molecule has 3 heterocycles. The highest BCUT2D eigenvalue weighted by molar-refractivity contribution is 7.11. The smallest absolute Gasteiger partial charge is 0.276 e. The molecule has 1 aliphatic heterocycles. The number of fused-ring (bicyclic) bond motifs is 1. The van der Waals surface area contributed by atoms with E-state index < -0.39 is 0 Å². The first-order valence-electron chi connectivity index (χ1n) is 8.76. The molecule has 2 aliphatic rings. The van der Waals surface area contributed by atoms with E-state index in [4.69, 9.17) is 4.52 Å². The number of aromatic nitrogens is 2. The minimum Gasteiger partial charge on any atom is -0.360 e. The molecule has 0 unspecified atom stereocenters. The van der Waals surface area contributed by atoms with Crippen LogP contribution in [-0.4, -0.2) is 34.0 Å². The van der Waals surface area contributed by atoms with Gasteiger partial charge in [-0.05, 0) is 39.0 Å². The van der Waals surface area contributed by atoms with Gasteiger partial charge in [0.25, 0.3) is 5.91 Å². The number of thiazole rings is 1. The third-order valence-corrected chi connectivity index (χ3v) is 6.66. The van der Waals surface area contributed by atoms with Crippen molar-refractivity contribution in [2.45, 2.75) is 57.8 Å². The van der Waals surface area contributed by atoms with Crippen LogP contribution in [0.5, 0.6) is 0 Å². The summed E-state index contributed by atoms with van der Waals surface area (Å²) in [5, 5.41) is 5.29. The Hall–Kier alpha value is -1.69. The van der Waals surface area contributed by atoms with Crippen molar-refractivity contribution >= 4 is 17.2 Å². The molecule has 0 N–H and O–H groups in total. The minimum atomic E-state index is 0.0410. The zero-order valence-corrected chi connectivity index (χ0v) is 15.1. The highest BCUT2D eigenvalue weighted by Crippen LogP contribution is 2.37. The first-order valence-corrected chi connectivity index (χ1v) is 9.58. The number of aryl methyl sites for hydroxylation is 2. The van der Waals surface area contributed by atoms with Crippen LogP contribution in [0, 0.1) is 6.92 Å². The van der Waals surface area contributed by atoms with E-state index in [0.717, 1.165) is 62.9 Å². The second-order valence-electron chi connectivity index (χ2n) is 7.27. The van der Waals surface area contributed by atoms with Crippen LogP contribution in [0.1, 0.15) is 64.3 Å². The molecule has 24 heavy (non-hydrogen) atoms. The monoisotopic (exact) mass is 345 g/mol. The Bertz CT molecular complexity index is 756. The van der Waals surface area contributed by atoms with Gasteiger partial charge < -0.3 is 9.42 Å². The largest absolute Gasteiger partial charge is 0.360 e. The zero-order chi connectivity index (χ0) is 16.7. The molecule has 0 saturated carbocycles. The van der Waals surface area contributed by atoms with Gasteiger partial charge in [0.05, 0.1) is 5.01 Å². The number of likely N-dealkylation sites (tertiary alicyclic amines) is 1. The summed E-state index contributed by atoms with van der Waals surface area (Å²) in [5.74, 6) is 0.962. The fraction of sp³-hybridized carbons (Fsp3) is 0.611. The predicted molar refractivity (Wildman–Crippen MR) is 92.5 cm³/mol. The second-order valence-corrected chi connectivity index (χ2v) is 8.50. The van der Waals surface area contributed by atoms with Crippen LogP contribution in [0.3, 0.4) is 0 Å². The highest BCUT2D eigenvalue weighted by Gasteiger charge is 2.37. The summed E-state index contributed by atoms with van der Waals surface area (Å²) >= 11 is 1.78. The Morgan fingerprint density at radius 1 is 1.29 bits per heavy atom. The van der Waals surface area contributed by atoms with Crippen molar-refractivity contribution in [1.29, 1.82) is 0 Å². The summed E-state index contributed by atoms with van der Waals surface area (Å²) in [4.78, 5) is 20.6. The van der Waals surface area contributed by atoms with Crippen LogP contribution in [0.25, 0.3) is 0 Å². The summed E-state index contributed by atoms with van der Waals surface area (Å²) in [6, 6.07) is 0. The number of piperidine rings is 1. The van der Waals surface area contributed by atoms with Gasteiger partial charge in [-0.1, -0.05) is 12.1 Å². The van der Waals surface area contributed by atoms with Crippen molar-refractivity contribution in [1.82, 2.24) is 15.0 Å². The van der Waals surface area contributed by atoms with Crippen LogP contribution >= 0.6 is 11.3 Å². The summed E-state index contributed by atoms with van der Waals surface area (Å²) in [6.07, 6.45) is 7.93. The van der Waals surface area contributed by atoms with Gasteiger partial charge in [0.2, 0.25) is 0 Å². The van der Waals surface area contributed by atoms with Crippen molar-refractivity contribution in [2.75, 3.05) is 13.1 Å². The van der Waals surface area contributed by atoms with E-state index in [1.807, 2.05) is 11.1 Å². The molecule has 5 nitrogen and oxygen atoms in total. The average Bonchev–Trinajstić information content (AvgIpc) is 3.21. The molecule has 2 aromatic rings. The molecule has 4 rings (SSSR count). The standard InChI is InChI=1S/C18H23N3O2S/c1-12-11-19-17(24-12)18(2)7-9-21(10-8-18)16(22)15-13-5-3-4-6-14(13)23-20-15/h11H,3-10H2,1-2H3. The molecule has 2 aromatic heterocycles. The van der Waals surface area contributed by atoms with Gasteiger partial charge in [-0.15, -0.1) is 11.3 Å². The number of nitrogens with zero attached hydrogens (tertiary/aromatic N) is 3. The fourth-order valence-electron chi connectivity index (χ4n) is 3.75. The molecule has 128 valence electrons. The van der Waals surface area contributed by atoms with E-state index in [2.05, 4.69) is 24.0 Å². The van der Waals surface area contributed by atoms with Crippen molar-refractivity contribution in [3.8, 4) is 0 Å². The Morgan fingerprint density at radius 2 is 2.04 bits per heavy atom. The molecule has 1 saturated heterocycles. The maximum absolute atomic E-state index is 12.9. The zero-order valence-electron chi connectivity index (χ0n) is 14.3. The van der Waals surface area contributed by atoms with Crippen LogP contribution < -0.4 is 0 Å². The molecular weight excluding hydrogens is 322 g/mol. The SMILES string of the molecule is Cc1cnc(C2(C)CCN(C(=O)c3noc4c3CCCC4)CC2)s1. The van der Waals surface area contributed by atoms with Gasteiger partial charge in [0, 0.05) is 41.6 Å². The van der Waals surface area contributed by atoms with E-state index in [1.165, 1.54) is 9.88 Å². The van der Waals surface area contributed by atoms with Gasteiger partial charge in [-0.3, -0.25) is 4.79 Å². The summed E-state index contributed by atoms with van der Waals surface area (Å²) in [7, 11) is 0. The molecule has 1 amide bonds. The lowest BCUT2D eigenvalue weighted by molar-refractivity contribution is 0.0664. The van der Waals surface area contributed by atoms with Crippen LogP contribution in [0.4, 0.5) is 0 Å². The van der Waals surface area contributed by atoms with Crippen molar-refractivity contribution in [3.05, 3.63) is 33.1 Å². The third-order valence-electron chi connectivity index (χ3n) is 5.44. The Morgan fingerprint density at radius 3 is 2.75 bits per heavy atom. The van der Waals surface area contributed by atoms with Gasteiger partial charge in [0.1, 0.15) is 5.76 Å². The van der Waals surface area contributed by atoms with E-state index in [0.29, 0.717) is 5.69 Å². The maximum Gasteiger partial charge on any atom is 0.276 e. The van der Waals surface area contributed by atoms with E-state index in [9.17, 15) is 4.79 Å². The van der Waals surface area contributed by atoms with Crippen molar-refractivity contribution < 1.29 is 9.32 Å². The lowest BCUT2D eigenvalue weighted by Crippen LogP contribution is -2.44. The third kappa shape index (κ3) is 2.66. The highest BCUT2D eigenvalue weighted by atomic mass is 32.1. The minimum absolute atomic E-state index is 0.0410. The first-order chi connectivity index (χ1) is 11.6. The summed E-state index contributed by atoms with van der Waals surface area (Å²) in [5.41, 5.74) is 1.69. The average molecular weight is 345 g/mol. The lowest BCUT2D eigenvalue weighted by atomic mass is 9.81. The normalized spacial score (nSPS) is 20.0. The number of amides is 1. The van der Waals surface area contributed by atoms with E-state index >= 15 is 0 Å². The number of carbonyl (C=O) groups is 1. The number of carbonyl (C=O) groups excluding carboxylic acids is 1.